The molecule has 0 aliphatic carbocycles. The van der Waals surface area contributed by atoms with Crippen LogP contribution in [0.3, 0.4) is 0 Å². The second-order valence-corrected chi connectivity index (χ2v) is 2.87. The molecule has 1 rings (SSSR count). The highest BCUT2D eigenvalue weighted by atomic mass is 19.3. The summed E-state index contributed by atoms with van der Waals surface area (Å²) >= 11 is 0. The average molecular weight is 235 g/mol. The number of ether oxygens (including phenoxy) is 1. The number of esters is 1. The molecule has 0 amide bonds. The highest BCUT2D eigenvalue weighted by Crippen LogP contribution is 2.31. The van der Waals surface area contributed by atoms with Crippen LogP contribution in [0.15, 0.2) is 6.20 Å². The first-order chi connectivity index (χ1) is 7.47. The van der Waals surface area contributed by atoms with Gasteiger partial charge in [-0.05, 0) is 0 Å². The third kappa shape index (κ3) is 2.41. The van der Waals surface area contributed by atoms with Gasteiger partial charge in [-0.2, -0.15) is 0 Å². The molecule has 16 heavy (non-hydrogen) atoms. The quantitative estimate of drug-likeness (QED) is 0.808. The zero-order valence-electron chi connectivity index (χ0n) is 8.21. The van der Waals surface area contributed by atoms with E-state index in [1.54, 1.807) is 0 Å². The van der Waals surface area contributed by atoms with Gasteiger partial charge in [-0.3, -0.25) is 9.78 Å². The Kier molecular flexibility index (Phi) is 3.70. The molecular formula is C9H8F3NO3. The predicted octanol–water partition coefficient (Wildman–Crippen LogP) is 1.58. The highest BCUT2D eigenvalue weighted by Gasteiger charge is 2.23. The van der Waals surface area contributed by atoms with Gasteiger partial charge in [-0.1, -0.05) is 0 Å². The summed E-state index contributed by atoms with van der Waals surface area (Å²) in [4.78, 5) is 14.2. The summed E-state index contributed by atoms with van der Waals surface area (Å²) in [7, 11) is 1.08. The number of nitrogens with zero attached hydrogens (tertiary/aromatic N) is 1. The lowest BCUT2D eigenvalue weighted by Crippen LogP contribution is -2.10. The molecule has 1 aromatic rings. The summed E-state index contributed by atoms with van der Waals surface area (Å²) in [6, 6.07) is 0. The summed E-state index contributed by atoms with van der Waals surface area (Å²) in [5.41, 5.74) is -1.64. The molecule has 0 radical (unpaired) electrons. The Morgan fingerprint density at radius 3 is 2.75 bits per heavy atom. The molecule has 0 aliphatic rings. The van der Waals surface area contributed by atoms with Crippen LogP contribution in [0.1, 0.15) is 17.7 Å². The number of carbonyl (C=O) groups is 1. The molecule has 88 valence electrons. The van der Waals surface area contributed by atoms with Gasteiger partial charge in [0, 0.05) is 0 Å². The molecule has 0 aliphatic heterocycles. The maximum atomic E-state index is 13.4. The van der Waals surface area contributed by atoms with Gasteiger partial charge in [-0.15, -0.1) is 0 Å². The second kappa shape index (κ2) is 4.82. The summed E-state index contributed by atoms with van der Waals surface area (Å²) in [6.07, 6.45) is -3.08. The zero-order valence-corrected chi connectivity index (χ0v) is 8.21. The van der Waals surface area contributed by atoms with E-state index in [2.05, 4.69) is 9.72 Å². The molecule has 0 unspecified atom stereocenters. The van der Waals surface area contributed by atoms with Crippen molar-refractivity contribution in [3.63, 3.8) is 0 Å². The number of aromatic nitrogens is 1. The number of methoxy groups -OCH3 is 1. The van der Waals surface area contributed by atoms with E-state index >= 15 is 0 Å². The molecular weight excluding hydrogens is 227 g/mol. The molecule has 0 saturated heterocycles. The van der Waals surface area contributed by atoms with Crippen molar-refractivity contribution >= 4 is 5.97 Å². The van der Waals surface area contributed by atoms with Crippen LogP contribution in [0.25, 0.3) is 0 Å². The van der Waals surface area contributed by atoms with Crippen LogP contribution in [0.2, 0.25) is 0 Å². The molecule has 1 N–H and O–H groups in total. The van der Waals surface area contributed by atoms with Gasteiger partial charge in [0.1, 0.15) is 5.75 Å². The lowest BCUT2D eigenvalue weighted by Gasteiger charge is -2.07. The smallest absolute Gasteiger partial charge is 0.311 e. The molecule has 0 fully saturated rings. The molecule has 0 atom stereocenters. The highest BCUT2D eigenvalue weighted by molar-refractivity contribution is 5.72. The lowest BCUT2D eigenvalue weighted by atomic mass is 10.1. The van der Waals surface area contributed by atoms with Crippen LogP contribution in [0.4, 0.5) is 13.2 Å². The van der Waals surface area contributed by atoms with Crippen LogP contribution in [0.5, 0.6) is 5.75 Å². The lowest BCUT2D eigenvalue weighted by molar-refractivity contribution is -0.139. The summed E-state index contributed by atoms with van der Waals surface area (Å²) < 4.78 is 42.3. The van der Waals surface area contributed by atoms with E-state index in [1.807, 2.05) is 0 Å². The molecule has 1 heterocycles. The molecule has 0 aromatic carbocycles. The fourth-order valence-electron chi connectivity index (χ4n) is 1.07. The van der Waals surface area contributed by atoms with Gasteiger partial charge in [0.15, 0.2) is 5.82 Å². The zero-order chi connectivity index (χ0) is 12.3. The van der Waals surface area contributed by atoms with E-state index in [-0.39, 0.29) is 0 Å². The van der Waals surface area contributed by atoms with Crippen molar-refractivity contribution in [3.8, 4) is 5.75 Å². The first kappa shape index (κ1) is 12.3. The van der Waals surface area contributed by atoms with Crippen molar-refractivity contribution in [2.45, 2.75) is 12.8 Å². The van der Waals surface area contributed by atoms with Crippen molar-refractivity contribution in [1.82, 2.24) is 4.98 Å². The van der Waals surface area contributed by atoms with Gasteiger partial charge < -0.3 is 9.84 Å². The monoisotopic (exact) mass is 235 g/mol. The summed E-state index contributed by atoms with van der Waals surface area (Å²) in [6.45, 7) is 0. The van der Waals surface area contributed by atoms with Crippen molar-refractivity contribution in [2.24, 2.45) is 0 Å². The maximum absolute atomic E-state index is 13.4. The van der Waals surface area contributed by atoms with Crippen molar-refractivity contribution in [1.29, 1.82) is 0 Å². The first-order valence-electron chi connectivity index (χ1n) is 4.18. The molecule has 0 spiro atoms. The number of aromatic hydroxyl groups is 1. The van der Waals surface area contributed by atoms with Gasteiger partial charge in [0.25, 0.3) is 6.43 Å². The Labute approximate surface area is 88.7 Å². The first-order valence-corrected chi connectivity index (χ1v) is 4.18. The van der Waals surface area contributed by atoms with E-state index < -0.39 is 41.6 Å². The van der Waals surface area contributed by atoms with Crippen LogP contribution in [0, 0.1) is 5.82 Å². The van der Waals surface area contributed by atoms with Crippen LogP contribution < -0.4 is 0 Å². The van der Waals surface area contributed by atoms with Gasteiger partial charge in [0.2, 0.25) is 0 Å². The van der Waals surface area contributed by atoms with E-state index in [1.165, 1.54) is 0 Å². The van der Waals surface area contributed by atoms with Gasteiger partial charge in [0.05, 0.1) is 31.0 Å². The summed E-state index contributed by atoms with van der Waals surface area (Å²) in [5.74, 6) is -3.14. The number of alkyl halides is 2. The van der Waals surface area contributed by atoms with E-state index in [4.69, 9.17) is 5.11 Å². The SMILES string of the molecule is COC(=O)Cc1ncc(O)c(C(F)F)c1F. The number of rotatable bonds is 3. The van der Waals surface area contributed by atoms with Crippen LogP contribution in [-0.2, 0) is 16.0 Å². The number of hydrogen-bond acceptors (Lipinski definition) is 4. The Bertz CT molecular complexity index is 409. The summed E-state index contributed by atoms with van der Waals surface area (Å²) in [5, 5.41) is 8.98. The van der Waals surface area contributed by atoms with Crippen molar-refractivity contribution < 1.29 is 27.8 Å². The van der Waals surface area contributed by atoms with Gasteiger partial charge in [-0.25, -0.2) is 13.2 Å². The average Bonchev–Trinajstić information content (AvgIpc) is 2.21. The maximum Gasteiger partial charge on any atom is 0.311 e. The van der Waals surface area contributed by atoms with Crippen LogP contribution >= 0.6 is 0 Å². The standard InChI is InChI=1S/C9H8F3NO3/c1-16-6(15)2-4-8(10)7(9(11)12)5(14)3-13-4/h3,9,14H,2H2,1H3. The third-order valence-corrected chi connectivity index (χ3v) is 1.87. The molecule has 7 heteroatoms. The Morgan fingerprint density at radius 1 is 1.62 bits per heavy atom. The molecule has 0 saturated carbocycles. The van der Waals surface area contributed by atoms with E-state index in [0.717, 1.165) is 7.11 Å². The van der Waals surface area contributed by atoms with Crippen LogP contribution in [-0.4, -0.2) is 23.2 Å². The normalized spacial score (nSPS) is 10.6. The third-order valence-electron chi connectivity index (χ3n) is 1.87. The fourth-order valence-corrected chi connectivity index (χ4v) is 1.07. The number of carbonyl (C=O) groups excluding carboxylic acids is 1. The minimum atomic E-state index is -3.18. The number of hydrogen-bond donors (Lipinski definition) is 1. The minimum Gasteiger partial charge on any atom is -0.506 e. The largest absolute Gasteiger partial charge is 0.506 e. The Hall–Kier alpha value is -1.79. The minimum absolute atomic E-state index is 0.486. The number of halogens is 3. The topological polar surface area (TPSA) is 59.4 Å². The van der Waals surface area contributed by atoms with E-state index in [9.17, 15) is 18.0 Å². The predicted molar refractivity (Wildman–Crippen MR) is 46.5 cm³/mol. The Balaban J connectivity index is 3.13. The molecule has 4 nitrogen and oxygen atoms in total. The fraction of sp³-hybridized carbons (Fsp3) is 0.333. The van der Waals surface area contributed by atoms with E-state index in [0.29, 0.717) is 6.20 Å². The van der Waals surface area contributed by atoms with Gasteiger partial charge >= 0.3 is 5.97 Å². The molecule has 1 aromatic heterocycles. The Morgan fingerprint density at radius 2 is 2.25 bits per heavy atom. The van der Waals surface area contributed by atoms with Crippen molar-refractivity contribution in [3.05, 3.63) is 23.3 Å². The number of pyridine rings is 1. The molecule has 0 bridgehead atoms. The second-order valence-electron chi connectivity index (χ2n) is 2.87. The van der Waals surface area contributed by atoms with Crippen molar-refractivity contribution in [2.75, 3.05) is 7.11 Å².